The maximum absolute atomic E-state index is 12.4. The lowest BCUT2D eigenvalue weighted by atomic mass is 10.3. The first-order valence-corrected chi connectivity index (χ1v) is 9.60. The second-order valence-electron chi connectivity index (χ2n) is 4.62. The van der Waals surface area contributed by atoms with E-state index in [1.165, 1.54) is 6.07 Å². The zero-order valence-electron chi connectivity index (χ0n) is 10.6. The van der Waals surface area contributed by atoms with Crippen LogP contribution in [0.1, 0.15) is 19.3 Å². The Balaban J connectivity index is 2.25. The number of nitrogen functional groups attached to an aromatic ring is 1. The van der Waals surface area contributed by atoms with Gasteiger partial charge in [0.05, 0.1) is 4.90 Å². The molecule has 0 aliphatic heterocycles. The van der Waals surface area contributed by atoms with Crippen molar-refractivity contribution >= 4 is 43.4 Å². The molecule has 0 heterocycles. The Morgan fingerprint density at radius 1 is 1.42 bits per heavy atom. The van der Waals surface area contributed by atoms with Crippen molar-refractivity contribution in [3.63, 3.8) is 0 Å². The minimum Gasteiger partial charge on any atom is -0.399 e. The number of sulfonamides is 1. The van der Waals surface area contributed by atoms with Gasteiger partial charge in [0.1, 0.15) is 0 Å². The lowest BCUT2D eigenvalue weighted by Gasteiger charge is -2.19. The zero-order valence-corrected chi connectivity index (χ0v) is 13.8. The number of nitrogens with two attached hydrogens (primary N) is 1. The van der Waals surface area contributed by atoms with Crippen molar-refractivity contribution < 1.29 is 8.42 Å². The Labute approximate surface area is 126 Å². The van der Waals surface area contributed by atoms with E-state index in [-0.39, 0.29) is 10.9 Å². The number of halogens is 1. The highest BCUT2D eigenvalue weighted by molar-refractivity contribution is 9.10. The molecule has 0 amide bonds. The van der Waals surface area contributed by atoms with Crippen molar-refractivity contribution in [1.82, 2.24) is 4.72 Å². The highest BCUT2D eigenvalue weighted by Crippen LogP contribution is 2.31. The van der Waals surface area contributed by atoms with E-state index in [9.17, 15) is 8.42 Å². The third-order valence-corrected chi connectivity index (χ3v) is 6.96. The van der Waals surface area contributed by atoms with Gasteiger partial charge >= 0.3 is 0 Å². The molecule has 1 saturated carbocycles. The minimum atomic E-state index is -3.53. The lowest BCUT2D eigenvalue weighted by Crippen LogP contribution is -2.38. The molecule has 7 heteroatoms. The molecule has 2 atom stereocenters. The predicted molar refractivity (Wildman–Crippen MR) is 83.8 cm³/mol. The van der Waals surface area contributed by atoms with Crippen LogP contribution < -0.4 is 10.5 Å². The van der Waals surface area contributed by atoms with Crippen LogP contribution >= 0.6 is 27.7 Å². The molecule has 1 aliphatic carbocycles. The Morgan fingerprint density at radius 3 is 2.84 bits per heavy atom. The molecule has 1 aromatic carbocycles. The number of hydrogen-bond acceptors (Lipinski definition) is 4. The molecule has 3 N–H and O–H groups in total. The van der Waals surface area contributed by atoms with Gasteiger partial charge in [0, 0.05) is 21.5 Å². The average molecular weight is 365 g/mol. The monoisotopic (exact) mass is 364 g/mol. The summed E-state index contributed by atoms with van der Waals surface area (Å²) in [4.78, 5) is 0.208. The highest BCUT2D eigenvalue weighted by Gasteiger charge is 2.31. The van der Waals surface area contributed by atoms with Gasteiger partial charge in [-0.15, -0.1) is 0 Å². The van der Waals surface area contributed by atoms with Gasteiger partial charge in [-0.2, -0.15) is 11.8 Å². The molecule has 1 aromatic rings. The summed E-state index contributed by atoms with van der Waals surface area (Å²) < 4.78 is 28.2. The minimum absolute atomic E-state index is 0.00771. The molecule has 0 spiro atoms. The molecule has 1 fully saturated rings. The van der Waals surface area contributed by atoms with Gasteiger partial charge in [0.15, 0.2) is 0 Å². The smallest absolute Gasteiger partial charge is 0.242 e. The van der Waals surface area contributed by atoms with Crippen molar-refractivity contribution in [3.8, 4) is 0 Å². The molecule has 19 heavy (non-hydrogen) atoms. The van der Waals surface area contributed by atoms with E-state index in [2.05, 4.69) is 20.7 Å². The number of thioether (sulfide) groups is 1. The standard InChI is InChI=1S/C12H17BrN2O2S2/c1-18-11-4-2-3-10(11)15-19(16,17)12-7-8(14)5-6-9(12)13/h5-7,10-11,15H,2-4,14H2,1H3. The quantitative estimate of drug-likeness (QED) is 0.805. The lowest BCUT2D eigenvalue weighted by molar-refractivity contribution is 0.555. The molecular formula is C12H17BrN2O2S2. The van der Waals surface area contributed by atoms with Crippen LogP contribution in [0.15, 0.2) is 27.6 Å². The molecule has 0 saturated heterocycles. The summed E-state index contributed by atoms with van der Waals surface area (Å²) in [6, 6.07) is 4.82. The molecule has 0 aromatic heterocycles. The molecule has 1 aliphatic rings. The fourth-order valence-corrected chi connectivity index (χ4v) is 5.66. The van der Waals surface area contributed by atoms with Crippen LogP contribution in [-0.4, -0.2) is 26.0 Å². The first kappa shape index (κ1) is 15.2. The van der Waals surface area contributed by atoms with Gasteiger partial charge in [-0.25, -0.2) is 13.1 Å². The highest BCUT2D eigenvalue weighted by atomic mass is 79.9. The molecule has 2 rings (SSSR count). The first-order valence-electron chi connectivity index (χ1n) is 6.04. The largest absolute Gasteiger partial charge is 0.399 e. The Bertz CT molecular complexity index is 563. The third-order valence-electron chi connectivity index (χ3n) is 3.31. The van der Waals surface area contributed by atoms with E-state index in [0.29, 0.717) is 15.4 Å². The average Bonchev–Trinajstić information content (AvgIpc) is 2.78. The fraction of sp³-hybridized carbons (Fsp3) is 0.500. The second kappa shape index (κ2) is 6.03. The van der Waals surface area contributed by atoms with E-state index in [0.717, 1.165) is 19.3 Å². The van der Waals surface area contributed by atoms with Gasteiger partial charge in [-0.05, 0) is 53.2 Å². The number of hydrogen-bond donors (Lipinski definition) is 2. The van der Waals surface area contributed by atoms with Gasteiger partial charge in [-0.3, -0.25) is 0 Å². The third kappa shape index (κ3) is 3.45. The fourth-order valence-electron chi connectivity index (χ4n) is 2.33. The summed E-state index contributed by atoms with van der Waals surface area (Å²) in [6.45, 7) is 0. The van der Waals surface area contributed by atoms with E-state index < -0.39 is 10.0 Å². The summed E-state index contributed by atoms with van der Waals surface area (Å²) in [6.07, 6.45) is 5.04. The van der Waals surface area contributed by atoms with Crippen molar-refractivity contribution in [2.75, 3.05) is 12.0 Å². The predicted octanol–water partition coefficient (Wildman–Crippen LogP) is 2.59. The van der Waals surface area contributed by atoms with Gasteiger partial charge in [0.2, 0.25) is 10.0 Å². The van der Waals surface area contributed by atoms with Crippen LogP contribution in [0.3, 0.4) is 0 Å². The Hall–Kier alpha value is -0.240. The number of anilines is 1. The molecule has 4 nitrogen and oxygen atoms in total. The van der Waals surface area contributed by atoms with Crippen LogP contribution in [0.25, 0.3) is 0 Å². The van der Waals surface area contributed by atoms with E-state index in [1.807, 2.05) is 6.26 Å². The van der Waals surface area contributed by atoms with Gasteiger partial charge in [0.25, 0.3) is 0 Å². The van der Waals surface area contributed by atoms with E-state index in [1.54, 1.807) is 23.9 Å². The molecule has 2 unspecified atom stereocenters. The van der Waals surface area contributed by atoms with Crippen molar-refractivity contribution in [3.05, 3.63) is 22.7 Å². The van der Waals surface area contributed by atoms with Crippen molar-refractivity contribution in [1.29, 1.82) is 0 Å². The van der Waals surface area contributed by atoms with Gasteiger partial charge in [-0.1, -0.05) is 6.42 Å². The maximum Gasteiger partial charge on any atom is 0.242 e. The Kier molecular flexibility index (Phi) is 4.81. The number of rotatable bonds is 4. The van der Waals surface area contributed by atoms with Crippen LogP contribution in [0, 0.1) is 0 Å². The normalized spacial score (nSPS) is 23.7. The maximum atomic E-state index is 12.4. The van der Waals surface area contributed by atoms with E-state index in [4.69, 9.17) is 5.73 Å². The second-order valence-corrected chi connectivity index (χ2v) is 8.24. The molecule has 0 bridgehead atoms. The molecular weight excluding hydrogens is 348 g/mol. The SMILES string of the molecule is CSC1CCCC1NS(=O)(=O)c1cc(N)ccc1Br. The summed E-state index contributed by atoms with van der Waals surface area (Å²) in [5.41, 5.74) is 6.11. The van der Waals surface area contributed by atoms with E-state index >= 15 is 0 Å². The van der Waals surface area contributed by atoms with Crippen LogP contribution in [-0.2, 0) is 10.0 Å². The number of benzene rings is 1. The summed E-state index contributed by atoms with van der Waals surface area (Å²) in [5.74, 6) is 0. The van der Waals surface area contributed by atoms with Gasteiger partial charge < -0.3 is 5.73 Å². The molecule has 106 valence electrons. The first-order chi connectivity index (χ1) is 8.94. The van der Waals surface area contributed by atoms with Crippen LogP contribution in [0.4, 0.5) is 5.69 Å². The topological polar surface area (TPSA) is 72.2 Å². The molecule has 0 radical (unpaired) electrons. The van der Waals surface area contributed by atoms with Crippen molar-refractivity contribution in [2.24, 2.45) is 0 Å². The number of nitrogens with one attached hydrogen (secondary N) is 1. The summed E-state index contributed by atoms with van der Waals surface area (Å²) in [5, 5.41) is 0.356. The van der Waals surface area contributed by atoms with Crippen LogP contribution in [0.5, 0.6) is 0 Å². The summed E-state index contributed by atoms with van der Waals surface area (Å²) >= 11 is 4.99. The van der Waals surface area contributed by atoms with Crippen molar-refractivity contribution in [2.45, 2.75) is 35.4 Å². The summed E-state index contributed by atoms with van der Waals surface area (Å²) in [7, 11) is -3.53. The zero-order chi connectivity index (χ0) is 14.0. The Morgan fingerprint density at radius 2 is 2.16 bits per heavy atom. The van der Waals surface area contributed by atoms with Crippen LogP contribution in [0.2, 0.25) is 0 Å².